The summed E-state index contributed by atoms with van der Waals surface area (Å²) in [5.41, 5.74) is 27.3. The van der Waals surface area contributed by atoms with Gasteiger partial charge in [-0.15, -0.1) is 0 Å². The minimum absolute atomic E-state index is 0.0720. The summed E-state index contributed by atoms with van der Waals surface area (Å²) in [5, 5.41) is 5.63. The van der Waals surface area contributed by atoms with Gasteiger partial charge in [0.15, 0.2) is 8.07 Å². The topological polar surface area (TPSA) is 6.48 Å². The van der Waals surface area contributed by atoms with Crippen molar-refractivity contribution in [3.05, 3.63) is 315 Å². The molecule has 83 heavy (non-hydrogen) atoms. The van der Waals surface area contributed by atoms with Crippen LogP contribution in [0.5, 0.6) is 0 Å². The first-order valence-electron chi connectivity index (χ1n) is 29.1. The SMILES string of the molecule is c1ccc(-c2ccc3c(c2)B2c4cc(-c5ccccc5)ccc4N4c5ccc(-c6ccccc6)cc5B5c6ccccc6[Si](c6ccccc6)(c6ccccc6)c6cc(c2c4c65)N3c2c(-c3ccccc3)cccc2-c2ccccc2)cc1. The monoisotopic (exact) mass is 1070 g/mol. The van der Waals surface area contributed by atoms with Crippen molar-refractivity contribution in [2.24, 2.45) is 0 Å². The molecule has 13 aromatic rings. The Labute approximate surface area is 487 Å². The zero-order valence-electron chi connectivity index (χ0n) is 45.6. The number of fused-ring (bicyclic) bond motifs is 10. The Hall–Kier alpha value is -10.2. The first-order valence-corrected chi connectivity index (χ1v) is 31.1. The summed E-state index contributed by atoms with van der Waals surface area (Å²) in [6, 6.07) is 120. The minimum Gasteiger partial charge on any atom is -0.312 e. The van der Waals surface area contributed by atoms with Crippen LogP contribution in [-0.2, 0) is 0 Å². The fourth-order valence-corrected chi connectivity index (χ4v) is 20.3. The van der Waals surface area contributed by atoms with Crippen molar-refractivity contribution in [3.8, 4) is 55.6 Å². The van der Waals surface area contributed by atoms with E-state index in [4.69, 9.17) is 0 Å². The summed E-state index contributed by atoms with van der Waals surface area (Å²) >= 11 is 0. The molecule has 0 saturated carbocycles. The quantitative estimate of drug-likeness (QED) is 0.140. The van der Waals surface area contributed by atoms with E-state index >= 15 is 0 Å². The first-order chi connectivity index (χ1) is 41.2. The maximum absolute atomic E-state index is 3.25. The number of para-hydroxylation sites is 1. The average molecular weight is 1070 g/mol. The zero-order valence-corrected chi connectivity index (χ0v) is 46.6. The molecular formula is C78H52B2N2Si. The fraction of sp³-hybridized carbons (Fsp3) is 0. The Morgan fingerprint density at radius 1 is 0.229 bits per heavy atom. The number of hydrogen-bond donors (Lipinski definition) is 0. The summed E-state index contributed by atoms with van der Waals surface area (Å²) in [5.74, 6) is 0. The van der Waals surface area contributed by atoms with Crippen molar-refractivity contribution in [3.63, 3.8) is 0 Å². The lowest BCUT2D eigenvalue weighted by molar-refractivity contribution is 1.26. The third-order valence-corrected chi connectivity index (χ3v) is 23.3. The lowest BCUT2D eigenvalue weighted by Crippen LogP contribution is -2.88. The Kier molecular flexibility index (Phi) is 10.9. The number of rotatable bonds is 8. The second-order valence-corrected chi connectivity index (χ2v) is 26.3. The van der Waals surface area contributed by atoms with E-state index in [0.717, 1.165) is 0 Å². The number of anilines is 6. The highest BCUT2D eigenvalue weighted by atomic mass is 28.3. The first kappa shape index (κ1) is 47.6. The smallest absolute Gasteiger partial charge is 0.252 e. The van der Waals surface area contributed by atoms with Crippen LogP contribution in [0.1, 0.15) is 0 Å². The number of hydrogen-bond acceptors (Lipinski definition) is 2. The molecule has 0 N–H and O–H groups in total. The fourth-order valence-electron chi connectivity index (χ4n) is 15.0. The third kappa shape index (κ3) is 7.11. The van der Waals surface area contributed by atoms with Crippen LogP contribution in [0.2, 0.25) is 0 Å². The highest BCUT2D eigenvalue weighted by Gasteiger charge is 2.57. The molecule has 0 saturated heterocycles. The van der Waals surface area contributed by atoms with Gasteiger partial charge in [-0.3, -0.25) is 0 Å². The van der Waals surface area contributed by atoms with Gasteiger partial charge in [-0.05, 0) is 117 Å². The molecule has 0 radical (unpaired) electrons. The van der Waals surface area contributed by atoms with E-state index in [1.165, 1.54) is 143 Å². The molecular weight excluding hydrogens is 1010 g/mol. The second-order valence-electron chi connectivity index (χ2n) is 22.6. The largest absolute Gasteiger partial charge is 0.312 e. The van der Waals surface area contributed by atoms with Gasteiger partial charge in [0, 0.05) is 39.6 Å². The van der Waals surface area contributed by atoms with Gasteiger partial charge in [0.2, 0.25) is 6.71 Å². The number of nitrogens with zero attached hydrogens (tertiary/aromatic N) is 2. The Bertz CT molecular complexity index is 4580. The van der Waals surface area contributed by atoms with E-state index in [1.807, 2.05) is 0 Å². The van der Waals surface area contributed by atoms with E-state index in [0.29, 0.717) is 0 Å². The van der Waals surface area contributed by atoms with Crippen LogP contribution in [0.3, 0.4) is 0 Å². The van der Waals surface area contributed by atoms with Gasteiger partial charge in [0.1, 0.15) is 0 Å². The van der Waals surface area contributed by atoms with Crippen LogP contribution in [0.4, 0.5) is 34.1 Å². The summed E-state index contributed by atoms with van der Waals surface area (Å²) in [7, 11) is -3.25. The second kappa shape index (κ2) is 19.0. The van der Waals surface area contributed by atoms with Gasteiger partial charge < -0.3 is 9.80 Å². The van der Waals surface area contributed by atoms with Crippen molar-refractivity contribution in [2.45, 2.75) is 0 Å². The Balaban J connectivity index is 1.09. The Morgan fingerprint density at radius 2 is 0.590 bits per heavy atom. The van der Waals surface area contributed by atoms with E-state index in [2.05, 4.69) is 325 Å². The van der Waals surface area contributed by atoms with Gasteiger partial charge in [0.05, 0.1) is 5.69 Å². The third-order valence-electron chi connectivity index (χ3n) is 18.4. The van der Waals surface area contributed by atoms with Gasteiger partial charge in [-0.1, -0.05) is 297 Å². The van der Waals surface area contributed by atoms with Gasteiger partial charge in [-0.2, -0.15) is 0 Å². The molecule has 5 heteroatoms. The zero-order chi connectivity index (χ0) is 54.6. The molecule has 2 nitrogen and oxygen atoms in total. The van der Waals surface area contributed by atoms with E-state index < -0.39 is 8.07 Å². The molecule has 4 heterocycles. The van der Waals surface area contributed by atoms with Crippen molar-refractivity contribution in [2.75, 3.05) is 9.80 Å². The molecule has 0 amide bonds. The summed E-state index contributed by atoms with van der Waals surface area (Å²) in [4.78, 5) is 5.45. The van der Waals surface area contributed by atoms with Crippen LogP contribution in [0.15, 0.2) is 315 Å². The van der Waals surface area contributed by atoms with Crippen molar-refractivity contribution in [1.29, 1.82) is 0 Å². The van der Waals surface area contributed by atoms with Crippen LogP contribution < -0.4 is 63.3 Å². The molecule has 0 bridgehead atoms. The summed E-state index contributed by atoms with van der Waals surface area (Å²) in [6.07, 6.45) is 0. The standard InChI is InChI=1S/C78H52B2N2Si/c1-8-25-53(26-9-1)58-43-46-69-66(49-58)79-65-41-22-23-42-73(65)83(61-35-18-6-19-36-61,62-37-20-7-21-38-62)74-52-72-75-78(76(74)79)81(69)70-47-44-59(54-27-10-2-11-28-54)50-67(70)80(75)68-51-60(55-29-12-3-13-30-55)45-48-71(68)82(72)77-63(56-31-14-4-15-32-56)39-24-40-64(77)57-33-16-5-17-34-57/h1-52H. The van der Waals surface area contributed by atoms with Crippen LogP contribution in [0, 0.1) is 0 Å². The normalized spacial score (nSPS) is 13.5. The summed E-state index contributed by atoms with van der Waals surface area (Å²) in [6.45, 7) is -0.219. The molecule has 0 aliphatic carbocycles. The number of benzene rings is 13. The molecule has 4 aliphatic rings. The maximum Gasteiger partial charge on any atom is 0.252 e. The molecule has 0 unspecified atom stereocenters. The molecule has 384 valence electrons. The average Bonchev–Trinajstić information content (AvgIpc) is 1.04. The predicted molar refractivity (Wildman–Crippen MR) is 356 cm³/mol. The van der Waals surface area contributed by atoms with Gasteiger partial charge in [0.25, 0.3) is 6.71 Å². The van der Waals surface area contributed by atoms with Crippen LogP contribution in [0.25, 0.3) is 55.6 Å². The Morgan fingerprint density at radius 3 is 1.02 bits per heavy atom. The summed E-state index contributed by atoms with van der Waals surface area (Å²) < 4.78 is 0. The van der Waals surface area contributed by atoms with Crippen LogP contribution in [-0.4, -0.2) is 21.5 Å². The molecule has 0 fully saturated rings. The molecule has 4 aliphatic heterocycles. The highest BCUT2D eigenvalue weighted by molar-refractivity contribution is 7.27. The van der Waals surface area contributed by atoms with Crippen LogP contribution >= 0.6 is 0 Å². The van der Waals surface area contributed by atoms with E-state index in [1.54, 1.807) is 0 Å². The highest BCUT2D eigenvalue weighted by Crippen LogP contribution is 2.51. The lowest BCUT2D eigenvalue weighted by atomic mass is 9.29. The van der Waals surface area contributed by atoms with Crippen molar-refractivity contribution >= 4 is 109 Å². The molecule has 17 rings (SSSR count). The lowest BCUT2D eigenvalue weighted by Gasteiger charge is -2.53. The maximum atomic E-state index is 2.75. The van der Waals surface area contributed by atoms with Crippen molar-refractivity contribution < 1.29 is 0 Å². The minimum atomic E-state index is -3.25. The molecule has 13 aromatic carbocycles. The molecule has 0 aromatic heterocycles. The van der Waals surface area contributed by atoms with E-state index in [-0.39, 0.29) is 13.4 Å². The van der Waals surface area contributed by atoms with E-state index in [9.17, 15) is 0 Å². The van der Waals surface area contributed by atoms with Gasteiger partial charge >= 0.3 is 0 Å². The molecule has 0 spiro atoms. The predicted octanol–water partition coefficient (Wildman–Crippen LogP) is 12.6. The van der Waals surface area contributed by atoms with Gasteiger partial charge in [-0.25, -0.2) is 0 Å². The van der Waals surface area contributed by atoms with Crippen molar-refractivity contribution in [1.82, 2.24) is 0 Å². The molecule has 0 atom stereocenters.